The van der Waals surface area contributed by atoms with Crippen LogP contribution in [0.5, 0.6) is 11.5 Å². The lowest BCUT2D eigenvalue weighted by atomic mass is 10.0. The van der Waals surface area contributed by atoms with Crippen LogP contribution in [0.15, 0.2) is 59.6 Å². The van der Waals surface area contributed by atoms with Crippen molar-refractivity contribution in [1.82, 2.24) is 0 Å². The van der Waals surface area contributed by atoms with E-state index in [1.807, 2.05) is 18.2 Å². The van der Waals surface area contributed by atoms with Crippen LogP contribution in [0.3, 0.4) is 0 Å². The molecular weight excluding hydrogens is 310 g/mol. The van der Waals surface area contributed by atoms with Crippen LogP contribution < -0.4 is 20.4 Å². The Morgan fingerprint density at radius 3 is 2.67 bits per heavy atom. The number of rotatable bonds is 0. The number of ether oxygens (including phenoxy) is 1. The van der Waals surface area contributed by atoms with E-state index in [1.165, 1.54) is 6.07 Å². The number of benzene rings is 3. The number of fused-ring (bicyclic) bond motifs is 5. The number of hydrogen-bond donors (Lipinski definition) is 0. The van der Waals surface area contributed by atoms with Gasteiger partial charge in [0.1, 0.15) is 16.7 Å². The molecule has 2 heterocycles. The van der Waals surface area contributed by atoms with Gasteiger partial charge in [-0.2, -0.15) is 5.12 Å². The Bertz CT molecular complexity index is 1120. The smallest absolute Gasteiger partial charge is 0.156 e. The molecule has 2 aliphatic heterocycles. The van der Waals surface area contributed by atoms with E-state index >= 15 is 0 Å². The van der Waals surface area contributed by atoms with Crippen LogP contribution in [0.2, 0.25) is 0 Å². The fourth-order valence-electron chi connectivity index (χ4n) is 3.09. The van der Waals surface area contributed by atoms with Gasteiger partial charge in [-0.3, -0.25) is 0 Å². The van der Waals surface area contributed by atoms with Gasteiger partial charge in [0.05, 0.1) is 5.69 Å². The molecule has 0 spiro atoms. The van der Waals surface area contributed by atoms with Crippen molar-refractivity contribution in [2.75, 3.05) is 5.12 Å². The minimum atomic E-state index is -0.688. The Hall–Kier alpha value is -3.21. The summed E-state index contributed by atoms with van der Waals surface area (Å²) >= 11 is 0. The third kappa shape index (κ3) is 1.72. The molecule has 0 unspecified atom stereocenters. The summed E-state index contributed by atoms with van der Waals surface area (Å²) in [6.45, 7) is 0. The number of halogens is 2. The molecule has 0 N–H and O–H groups in total. The van der Waals surface area contributed by atoms with Crippen molar-refractivity contribution in [3.05, 3.63) is 76.6 Å². The summed E-state index contributed by atoms with van der Waals surface area (Å²) in [5.41, 5.74) is 1.46. The Kier molecular flexibility index (Phi) is 2.56. The standard InChI is InChI=1S/C19H10F2N2O/c20-13-10-17-18(22-14-6-2-4-8-16(14)24-17)12-9-11-5-1-3-7-15(11)23(21)19(12)13/h1-10H. The van der Waals surface area contributed by atoms with Gasteiger partial charge in [-0.1, -0.05) is 34.8 Å². The highest BCUT2D eigenvalue weighted by Gasteiger charge is 2.26. The summed E-state index contributed by atoms with van der Waals surface area (Å²) in [5, 5.41) is 1.18. The van der Waals surface area contributed by atoms with Crippen LogP contribution in [0.1, 0.15) is 5.56 Å². The second-order valence-electron chi connectivity index (χ2n) is 5.63. The maximum atomic E-state index is 14.8. The molecule has 0 saturated heterocycles. The second kappa shape index (κ2) is 4.64. The molecule has 2 aliphatic rings. The highest BCUT2D eigenvalue weighted by Crippen LogP contribution is 2.36. The average Bonchev–Trinajstić information content (AvgIpc) is 2.60. The molecule has 3 aromatic carbocycles. The minimum Gasteiger partial charge on any atom is -0.453 e. The summed E-state index contributed by atoms with van der Waals surface area (Å²) in [5.74, 6) is 0.151. The monoisotopic (exact) mass is 320 g/mol. The lowest BCUT2D eigenvalue weighted by Crippen LogP contribution is -2.35. The van der Waals surface area contributed by atoms with E-state index in [9.17, 15) is 8.87 Å². The molecule has 24 heavy (non-hydrogen) atoms. The summed E-state index contributed by atoms with van der Waals surface area (Å²) in [6, 6.07) is 15.3. The van der Waals surface area contributed by atoms with Crippen molar-refractivity contribution in [1.29, 1.82) is 0 Å². The molecule has 0 amide bonds. The highest BCUT2D eigenvalue weighted by molar-refractivity contribution is 5.79. The Morgan fingerprint density at radius 2 is 1.75 bits per heavy atom. The van der Waals surface area contributed by atoms with Gasteiger partial charge >= 0.3 is 0 Å². The summed E-state index contributed by atoms with van der Waals surface area (Å²) in [6.07, 6.45) is 1.74. The Balaban J connectivity index is 1.92. The van der Waals surface area contributed by atoms with Gasteiger partial charge in [0.2, 0.25) is 0 Å². The zero-order valence-corrected chi connectivity index (χ0v) is 12.3. The molecule has 0 radical (unpaired) electrons. The van der Waals surface area contributed by atoms with Crippen LogP contribution in [0.4, 0.5) is 25.9 Å². The molecular formula is C19H10F2N2O. The SMILES string of the molecule is Fc1cc2c(c3c1N(F)c1ccccc1C=3)=Nc1ccccc1O2. The van der Waals surface area contributed by atoms with Crippen molar-refractivity contribution in [2.45, 2.75) is 0 Å². The summed E-state index contributed by atoms with van der Waals surface area (Å²) in [7, 11) is 0. The number of para-hydroxylation sites is 3. The quantitative estimate of drug-likeness (QED) is 0.457. The summed E-state index contributed by atoms with van der Waals surface area (Å²) < 4.78 is 35.1. The van der Waals surface area contributed by atoms with E-state index in [2.05, 4.69) is 4.99 Å². The first-order valence-corrected chi connectivity index (χ1v) is 7.47. The average molecular weight is 320 g/mol. The Labute approximate surface area is 135 Å². The maximum absolute atomic E-state index is 14.8. The minimum absolute atomic E-state index is 0.140. The predicted octanol–water partition coefficient (Wildman–Crippen LogP) is 4.05. The van der Waals surface area contributed by atoms with Crippen molar-refractivity contribution in [3.8, 4) is 11.5 Å². The van der Waals surface area contributed by atoms with Crippen LogP contribution in [0.25, 0.3) is 6.08 Å². The van der Waals surface area contributed by atoms with Gasteiger partial charge in [-0.05, 0) is 24.3 Å². The van der Waals surface area contributed by atoms with E-state index in [0.29, 0.717) is 38.4 Å². The summed E-state index contributed by atoms with van der Waals surface area (Å²) in [4.78, 5) is 4.55. The third-order valence-corrected chi connectivity index (χ3v) is 4.19. The highest BCUT2D eigenvalue weighted by atomic mass is 19.2. The maximum Gasteiger partial charge on any atom is 0.156 e. The van der Waals surface area contributed by atoms with Gasteiger partial charge in [0, 0.05) is 16.8 Å². The normalized spacial score (nSPS) is 13.5. The zero-order chi connectivity index (χ0) is 16.3. The molecule has 0 fully saturated rings. The molecule has 0 saturated carbocycles. The van der Waals surface area contributed by atoms with Gasteiger partial charge in [-0.15, -0.1) is 0 Å². The van der Waals surface area contributed by atoms with Crippen molar-refractivity contribution in [3.63, 3.8) is 0 Å². The second-order valence-corrected chi connectivity index (χ2v) is 5.63. The van der Waals surface area contributed by atoms with Crippen molar-refractivity contribution < 1.29 is 13.6 Å². The molecule has 5 heteroatoms. The molecule has 3 nitrogen and oxygen atoms in total. The fourth-order valence-corrected chi connectivity index (χ4v) is 3.09. The predicted molar refractivity (Wildman–Crippen MR) is 86.6 cm³/mol. The van der Waals surface area contributed by atoms with E-state index in [0.717, 1.165) is 0 Å². The van der Waals surface area contributed by atoms with Crippen LogP contribution in [0, 0.1) is 5.82 Å². The molecule has 5 rings (SSSR count). The van der Waals surface area contributed by atoms with Crippen LogP contribution >= 0.6 is 0 Å². The molecule has 0 bridgehead atoms. The van der Waals surface area contributed by atoms with Crippen LogP contribution in [-0.2, 0) is 0 Å². The topological polar surface area (TPSA) is 24.8 Å². The van der Waals surface area contributed by atoms with Gasteiger partial charge in [0.25, 0.3) is 0 Å². The van der Waals surface area contributed by atoms with E-state index < -0.39 is 5.82 Å². The fraction of sp³-hybridized carbons (Fsp3) is 0. The van der Waals surface area contributed by atoms with Crippen molar-refractivity contribution in [2.24, 2.45) is 4.99 Å². The third-order valence-electron chi connectivity index (χ3n) is 4.19. The van der Waals surface area contributed by atoms with Gasteiger partial charge in [0.15, 0.2) is 17.3 Å². The molecule has 116 valence electrons. The van der Waals surface area contributed by atoms with Gasteiger partial charge in [-0.25, -0.2) is 9.38 Å². The number of nitrogens with zero attached hydrogens (tertiary/aromatic N) is 2. The van der Waals surface area contributed by atoms with E-state index in [-0.39, 0.29) is 11.4 Å². The van der Waals surface area contributed by atoms with Crippen LogP contribution in [-0.4, -0.2) is 0 Å². The number of anilines is 2. The van der Waals surface area contributed by atoms with Gasteiger partial charge < -0.3 is 4.74 Å². The first-order valence-electron chi connectivity index (χ1n) is 7.47. The number of hydrogen-bond acceptors (Lipinski definition) is 3. The first kappa shape index (κ1) is 13.2. The Morgan fingerprint density at radius 1 is 0.958 bits per heavy atom. The van der Waals surface area contributed by atoms with E-state index in [1.54, 1.807) is 36.4 Å². The molecule has 3 aromatic rings. The largest absolute Gasteiger partial charge is 0.453 e. The first-order chi connectivity index (χ1) is 11.7. The zero-order valence-electron chi connectivity index (χ0n) is 12.3. The lowest BCUT2D eigenvalue weighted by Gasteiger charge is -2.23. The molecule has 0 aromatic heterocycles. The molecule has 0 aliphatic carbocycles. The molecule has 0 atom stereocenters. The van der Waals surface area contributed by atoms with Crippen molar-refractivity contribution >= 4 is 23.1 Å². The lowest BCUT2D eigenvalue weighted by molar-refractivity contribution is 0.455. The van der Waals surface area contributed by atoms with E-state index in [4.69, 9.17) is 4.74 Å².